The van der Waals surface area contributed by atoms with Gasteiger partial charge in [-0.2, -0.15) is 0 Å². The molecule has 0 unspecified atom stereocenters. The van der Waals surface area contributed by atoms with Crippen LogP contribution in [0.1, 0.15) is 6.92 Å². The van der Waals surface area contributed by atoms with Gasteiger partial charge in [-0.25, -0.2) is 0 Å². The molecule has 20 heavy (non-hydrogen) atoms. The van der Waals surface area contributed by atoms with Crippen LogP contribution >= 0.6 is 27.7 Å². The van der Waals surface area contributed by atoms with Crippen LogP contribution in [-0.4, -0.2) is 30.3 Å². The van der Waals surface area contributed by atoms with Crippen molar-refractivity contribution in [1.29, 1.82) is 0 Å². The minimum atomic E-state index is -0.798. The predicted octanol–water partition coefficient (Wildman–Crippen LogP) is 2.78. The number of thioether (sulfide) groups is 1. The Hall–Kier alpha value is -1.27. The molecule has 1 aromatic rings. The molecular weight excluding hydrogens is 342 g/mol. The van der Waals surface area contributed by atoms with Crippen molar-refractivity contribution in [2.45, 2.75) is 17.9 Å². The summed E-state index contributed by atoms with van der Waals surface area (Å²) in [5, 5.41) is 2.57. The molecule has 0 bridgehead atoms. The Morgan fingerprint density at radius 2 is 2.10 bits per heavy atom. The maximum Gasteiger partial charge on any atom is 0.317 e. The van der Waals surface area contributed by atoms with E-state index in [9.17, 15) is 9.59 Å². The predicted molar refractivity (Wildman–Crippen MR) is 83.6 cm³/mol. The van der Waals surface area contributed by atoms with Crippen LogP contribution in [0.15, 0.2) is 46.3 Å². The zero-order valence-corrected chi connectivity index (χ0v) is 13.5. The third kappa shape index (κ3) is 6.25. The summed E-state index contributed by atoms with van der Waals surface area (Å²) in [7, 11) is 0. The molecule has 1 atom stereocenters. The summed E-state index contributed by atoms with van der Waals surface area (Å²) in [6, 6.07) is 7.61. The van der Waals surface area contributed by atoms with Gasteiger partial charge in [0.05, 0.1) is 5.75 Å². The molecule has 0 fully saturated rings. The molecule has 0 saturated carbocycles. The molecule has 4 nitrogen and oxygen atoms in total. The first-order chi connectivity index (χ1) is 9.52. The normalized spacial score (nSPS) is 11.5. The molecule has 6 heteroatoms. The number of hydrogen-bond acceptors (Lipinski definition) is 4. The van der Waals surface area contributed by atoms with Gasteiger partial charge in [0.2, 0.25) is 0 Å². The Labute approximate surface area is 131 Å². The van der Waals surface area contributed by atoms with Gasteiger partial charge in [-0.15, -0.1) is 18.3 Å². The first-order valence-electron chi connectivity index (χ1n) is 5.99. The van der Waals surface area contributed by atoms with Gasteiger partial charge < -0.3 is 10.1 Å². The number of halogens is 1. The molecule has 1 amide bonds. The van der Waals surface area contributed by atoms with E-state index in [-0.39, 0.29) is 11.7 Å². The van der Waals surface area contributed by atoms with E-state index >= 15 is 0 Å². The van der Waals surface area contributed by atoms with Gasteiger partial charge in [0.1, 0.15) is 0 Å². The highest BCUT2D eigenvalue weighted by Gasteiger charge is 2.16. The van der Waals surface area contributed by atoms with E-state index < -0.39 is 12.1 Å². The molecule has 0 heterocycles. The molecule has 0 saturated heterocycles. The van der Waals surface area contributed by atoms with Crippen LogP contribution in [0.2, 0.25) is 0 Å². The van der Waals surface area contributed by atoms with Gasteiger partial charge in [0.15, 0.2) is 6.10 Å². The van der Waals surface area contributed by atoms with Crippen molar-refractivity contribution in [2.24, 2.45) is 0 Å². The van der Waals surface area contributed by atoms with Crippen molar-refractivity contribution in [3.63, 3.8) is 0 Å². The molecule has 1 aromatic carbocycles. The number of amides is 1. The zero-order valence-electron chi connectivity index (χ0n) is 11.1. The van der Waals surface area contributed by atoms with E-state index in [2.05, 4.69) is 27.8 Å². The summed E-state index contributed by atoms with van der Waals surface area (Å²) in [6.45, 7) is 5.39. The van der Waals surface area contributed by atoms with Gasteiger partial charge in [-0.1, -0.05) is 22.0 Å². The average molecular weight is 358 g/mol. The van der Waals surface area contributed by atoms with Crippen molar-refractivity contribution < 1.29 is 14.3 Å². The van der Waals surface area contributed by atoms with E-state index in [1.807, 2.05) is 24.3 Å². The number of hydrogen-bond donors (Lipinski definition) is 1. The van der Waals surface area contributed by atoms with E-state index in [0.717, 1.165) is 9.37 Å². The molecule has 1 rings (SSSR count). The lowest BCUT2D eigenvalue weighted by atomic mass is 10.3. The number of esters is 1. The lowest BCUT2D eigenvalue weighted by molar-refractivity contribution is -0.152. The molecule has 0 radical (unpaired) electrons. The highest BCUT2D eigenvalue weighted by atomic mass is 79.9. The summed E-state index contributed by atoms with van der Waals surface area (Å²) in [4.78, 5) is 24.1. The van der Waals surface area contributed by atoms with Crippen LogP contribution in [0.4, 0.5) is 0 Å². The smallest absolute Gasteiger partial charge is 0.317 e. The number of rotatable bonds is 7. The van der Waals surface area contributed by atoms with Crippen molar-refractivity contribution in [3.05, 3.63) is 41.4 Å². The minimum absolute atomic E-state index is 0.167. The molecule has 108 valence electrons. The summed E-state index contributed by atoms with van der Waals surface area (Å²) in [5.41, 5.74) is 0. The SMILES string of the molecule is C=CCNC(=O)[C@H](C)OC(=O)CSc1ccc(Br)cc1. The van der Waals surface area contributed by atoms with Crippen LogP contribution in [0.3, 0.4) is 0 Å². The molecule has 0 aromatic heterocycles. The first-order valence-corrected chi connectivity index (χ1v) is 7.77. The van der Waals surface area contributed by atoms with Gasteiger partial charge in [0.25, 0.3) is 5.91 Å². The number of ether oxygens (including phenoxy) is 1. The molecule has 0 aliphatic carbocycles. The van der Waals surface area contributed by atoms with Crippen molar-refractivity contribution >= 4 is 39.6 Å². The Kier molecular flexibility index (Phi) is 7.40. The zero-order chi connectivity index (χ0) is 15.0. The van der Waals surface area contributed by atoms with Crippen LogP contribution < -0.4 is 5.32 Å². The van der Waals surface area contributed by atoms with E-state index in [1.54, 1.807) is 13.0 Å². The number of benzene rings is 1. The Morgan fingerprint density at radius 1 is 1.45 bits per heavy atom. The molecule has 1 N–H and O–H groups in total. The fourth-order valence-electron chi connectivity index (χ4n) is 1.27. The second-order valence-electron chi connectivity index (χ2n) is 3.91. The molecular formula is C14H16BrNO3S. The second-order valence-corrected chi connectivity index (χ2v) is 5.87. The van der Waals surface area contributed by atoms with Gasteiger partial charge >= 0.3 is 5.97 Å². The van der Waals surface area contributed by atoms with Gasteiger partial charge in [0, 0.05) is 15.9 Å². The highest BCUT2D eigenvalue weighted by molar-refractivity contribution is 9.10. The largest absolute Gasteiger partial charge is 0.452 e. The fraction of sp³-hybridized carbons (Fsp3) is 0.286. The standard InChI is InChI=1S/C14H16BrNO3S/c1-3-8-16-14(18)10(2)19-13(17)9-20-12-6-4-11(15)5-7-12/h3-7,10H,1,8-9H2,2H3,(H,16,18)/t10-/m0/s1. The van der Waals surface area contributed by atoms with Gasteiger partial charge in [-0.05, 0) is 31.2 Å². The van der Waals surface area contributed by atoms with E-state index in [1.165, 1.54) is 11.8 Å². The average Bonchev–Trinajstić information content (AvgIpc) is 2.44. The van der Waals surface area contributed by atoms with Crippen LogP contribution in [0.25, 0.3) is 0 Å². The van der Waals surface area contributed by atoms with E-state index in [4.69, 9.17) is 4.74 Å². The van der Waals surface area contributed by atoms with E-state index in [0.29, 0.717) is 6.54 Å². The highest BCUT2D eigenvalue weighted by Crippen LogP contribution is 2.20. The Bertz CT molecular complexity index is 476. The maximum absolute atomic E-state index is 11.6. The van der Waals surface area contributed by atoms with Gasteiger partial charge in [-0.3, -0.25) is 9.59 Å². The summed E-state index contributed by atoms with van der Waals surface area (Å²) >= 11 is 4.71. The minimum Gasteiger partial charge on any atom is -0.452 e. The summed E-state index contributed by atoms with van der Waals surface area (Å²) in [5.74, 6) is -0.577. The Morgan fingerprint density at radius 3 is 2.70 bits per heavy atom. The molecule has 0 aliphatic rings. The topological polar surface area (TPSA) is 55.4 Å². The number of carbonyl (C=O) groups excluding carboxylic acids is 2. The first kappa shape index (κ1) is 16.8. The quantitative estimate of drug-likeness (QED) is 0.463. The van der Waals surface area contributed by atoms with Crippen LogP contribution in [-0.2, 0) is 14.3 Å². The number of carbonyl (C=O) groups is 2. The third-order valence-corrected chi connectivity index (χ3v) is 3.78. The Balaban J connectivity index is 2.34. The van der Waals surface area contributed by atoms with Crippen molar-refractivity contribution in [2.75, 3.05) is 12.3 Å². The summed E-state index contributed by atoms with van der Waals surface area (Å²) in [6.07, 6.45) is 0.767. The van der Waals surface area contributed by atoms with Crippen molar-refractivity contribution in [3.8, 4) is 0 Å². The van der Waals surface area contributed by atoms with Crippen molar-refractivity contribution in [1.82, 2.24) is 5.32 Å². The molecule has 0 spiro atoms. The maximum atomic E-state index is 11.6. The summed E-state index contributed by atoms with van der Waals surface area (Å²) < 4.78 is 6.02. The lowest BCUT2D eigenvalue weighted by Crippen LogP contribution is -2.36. The fourth-order valence-corrected chi connectivity index (χ4v) is 2.22. The second kappa shape index (κ2) is 8.81. The van der Waals surface area contributed by atoms with Crippen LogP contribution in [0, 0.1) is 0 Å². The molecule has 0 aliphatic heterocycles. The monoisotopic (exact) mass is 357 g/mol. The number of nitrogens with one attached hydrogen (secondary N) is 1. The van der Waals surface area contributed by atoms with Crippen LogP contribution in [0.5, 0.6) is 0 Å². The lowest BCUT2D eigenvalue weighted by Gasteiger charge is -2.12. The third-order valence-electron chi connectivity index (χ3n) is 2.27.